The van der Waals surface area contributed by atoms with Gasteiger partial charge in [-0.1, -0.05) is 0 Å². The summed E-state index contributed by atoms with van der Waals surface area (Å²) in [6, 6.07) is 13.7. The molecule has 1 fully saturated rings. The molecule has 1 aliphatic rings. The molecule has 144 valence electrons. The first kappa shape index (κ1) is 18.2. The number of phenolic OH excluding ortho intramolecular Hbond substituents is 1. The Morgan fingerprint density at radius 1 is 0.897 bits per heavy atom. The number of halogens is 1. The first-order valence-corrected chi connectivity index (χ1v) is 8.58. The fourth-order valence-corrected chi connectivity index (χ4v) is 2.99. The van der Waals surface area contributed by atoms with Crippen LogP contribution in [-0.2, 0) is 9.59 Å². The molecule has 0 aliphatic carbocycles. The number of nitrogens with zero attached hydrogens (tertiary/aromatic N) is 2. The van der Waals surface area contributed by atoms with Gasteiger partial charge < -0.3 is 9.67 Å². The summed E-state index contributed by atoms with van der Waals surface area (Å²) in [6.07, 6.45) is 3.10. The second-order valence-electron chi connectivity index (χ2n) is 6.25. The minimum Gasteiger partial charge on any atom is -0.508 e. The van der Waals surface area contributed by atoms with Crippen molar-refractivity contribution in [3.63, 3.8) is 0 Å². The number of hydrogen-bond acceptors (Lipinski definition) is 4. The number of urea groups is 1. The molecule has 0 bridgehead atoms. The molecule has 0 spiro atoms. The van der Waals surface area contributed by atoms with Crippen LogP contribution in [0.1, 0.15) is 5.69 Å². The molecule has 0 radical (unpaired) electrons. The number of carbonyl (C=O) groups excluding carboxylic acids is 3. The van der Waals surface area contributed by atoms with Gasteiger partial charge in [-0.05, 0) is 66.7 Å². The minimum atomic E-state index is -0.905. The van der Waals surface area contributed by atoms with Crippen LogP contribution in [0, 0.1) is 5.82 Å². The molecule has 2 heterocycles. The predicted octanol–water partition coefficient (Wildman–Crippen LogP) is 2.99. The van der Waals surface area contributed by atoms with E-state index >= 15 is 0 Å². The Morgan fingerprint density at radius 3 is 2.24 bits per heavy atom. The molecule has 1 aliphatic heterocycles. The summed E-state index contributed by atoms with van der Waals surface area (Å²) in [4.78, 5) is 38.2. The zero-order valence-electron chi connectivity index (χ0n) is 14.9. The van der Waals surface area contributed by atoms with Gasteiger partial charge in [0.15, 0.2) is 0 Å². The summed E-state index contributed by atoms with van der Waals surface area (Å²) in [7, 11) is 0. The van der Waals surface area contributed by atoms with Crippen LogP contribution in [0.15, 0.2) is 72.4 Å². The predicted molar refractivity (Wildman–Crippen MR) is 103 cm³/mol. The van der Waals surface area contributed by atoms with Gasteiger partial charge in [-0.3, -0.25) is 14.9 Å². The number of anilines is 1. The largest absolute Gasteiger partial charge is 0.508 e. The van der Waals surface area contributed by atoms with Crippen LogP contribution in [-0.4, -0.2) is 27.5 Å². The molecule has 29 heavy (non-hydrogen) atoms. The van der Waals surface area contributed by atoms with Gasteiger partial charge in [0.1, 0.15) is 17.1 Å². The lowest BCUT2D eigenvalue weighted by atomic mass is 10.1. The summed E-state index contributed by atoms with van der Waals surface area (Å²) in [5.41, 5.74) is 1.12. The molecular formula is C21H14FN3O4. The Hall–Kier alpha value is -4.20. The Balaban J connectivity index is 1.73. The normalized spacial score (nSPS) is 15.7. The highest BCUT2D eigenvalue weighted by Gasteiger charge is 2.37. The van der Waals surface area contributed by atoms with Crippen molar-refractivity contribution in [3.05, 3.63) is 83.9 Å². The van der Waals surface area contributed by atoms with E-state index in [1.54, 1.807) is 35.0 Å². The van der Waals surface area contributed by atoms with E-state index in [0.29, 0.717) is 11.4 Å². The molecule has 0 saturated carbocycles. The maximum absolute atomic E-state index is 13.2. The Labute approximate surface area is 164 Å². The molecule has 7 nitrogen and oxygen atoms in total. The van der Waals surface area contributed by atoms with E-state index in [4.69, 9.17) is 0 Å². The lowest BCUT2D eigenvalue weighted by molar-refractivity contribution is -0.122. The zero-order chi connectivity index (χ0) is 20.5. The molecule has 3 aromatic rings. The van der Waals surface area contributed by atoms with Crippen LogP contribution in [0.4, 0.5) is 14.9 Å². The van der Waals surface area contributed by atoms with E-state index in [-0.39, 0.29) is 17.0 Å². The Bertz CT molecular complexity index is 1150. The lowest BCUT2D eigenvalue weighted by Gasteiger charge is -2.26. The molecule has 2 aromatic carbocycles. The van der Waals surface area contributed by atoms with Crippen LogP contribution in [0.25, 0.3) is 11.8 Å². The molecule has 1 saturated heterocycles. The van der Waals surface area contributed by atoms with E-state index < -0.39 is 23.7 Å². The fourth-order valence-electron chi connectivity index (χ4n) is 2.99. The zero-order valence-corrected chi connectivity index (χ0v) is 14.9. The number of aromatic hydroxyl groups is 1. The number of rotatable bonds is 3. The number of aromatic nitrogens is 1. The number of barbiturate groups is 1. The third kappa shape index (κ3) is 3.39. The van der Waals surface area contributed by atoms with Crippen molar-refractivity contribution in [2.75, 3.05) is 4.90 Å². The molecule has 1 aromatic heterocycles. The summed E-state index contributed by atoms with van der Waals surface area (Å²) in [5, 5.41) is 11.6. The maximum atomic E-state index is 13.2. The first-order chi connectivity index (χ1) is 13.9. The summed E-state index contributed by atoms with van der Waals surface area (Å²) in [5.74, 6) is -2.05. The topological polar surface area (TPSA) is 91.6 Å². The standard InChI is InChI=1S/C21H14FN3O4/c22-13-3-5-15(6-4-13)25-20(28)18(19(27)23-21(25)29)12-16-2-1-11-24(16)14-7-9-17(26)10-8-14/h1-12,26H,(H,23,27,29)/b18-12+. The second kappa shape index (κ2) is 7.08. The van der Waals surface area contributed by atoms with Crippen molar-refractivity contribution in [3.8, 4) is 11.4 Å². The quantitative estimate of drug-likeness (QED) is 0.530. The SMILES string of the molecule is O=C1NC(=O)N(c2ccc(F)cc2)C(=O)/C1=C/c1cccn1-c1ccc(O)cc1. The van der Waals surface area contributed by atoms with Crippen LogP contribution >= 0.6 is 0 Å². The highest BCUT2D eigenvalue weighted by Crippen LogP contribution is 2.23. The Morgan fingerprint density at radius 2 is 1.55 bits per heavy atom. The Kier molecular flexibility index (Phi) is 4.44. The van der Waals surface area contributed by atoms with Crippen molar-refractivity contribution in [1.29, 1.82) is 0 Å². The fraction of sp³-hybridized carbons (Fsp3) is 0. The van der Waals surface area contributed by atoms with Gasteiger partial charge in [0.2, 0.25) is 0 Å². The van der Waals surface area contributed by atoms with Crippen LogP contribution in [0.2, 0.25) is 0 Å². The number of hydrogen-bond donors (Lipinski definition) is 2. The summed E-state index contributed by atoms with van der Waals surface area (Å²) >= 11 is 0. The van der Waals surface area contributed by atoms with Crippen LogP contribution in [0.3, 0.4) is 0 Å². The van der Waals surface area contributed by atoms with Gasteiger partial charge in [-0.15, -0.1) is 0 Å². The molecule has 8 heteroatoms. The molecular weight excluding hydrogens is 377 g/mol. The number of phenols is 1. The molecule has 4 amide bonds. The van der Waals surface area contributed by atoms with Gasteiger partial charge in [0, 0.05) is 17.6 Å². The third-order valence-corrected chi connectivity index (χ3v) is 4.39. The van der Waals surface area contributed by atoms with Crippen molar-refractivity contribution >= 4 is 29.6 Å². The highest BCUT2D eigenvalue weighted by atomic mass is 19.1. The van der Waals surface area contributed by atoms with Crippen molar-refractivity contribution in [1.82, 2.24) is 9.88 Å². The van der Waals surface area contributed by atoms with E-state index in [1.807, 2.05) is 0 Å². The second-order valence-corrected chi connectivity index (χ2v) is 6.25. The minimum absolute atomic E-state index is 0.107. The number of carbonyl (C=O) groups is 3. The van der Waals surface area contributed by atoms with Crippen molar-refractivity contribution < 1.29 is 23.9 Å². The molecule has 2 N–H and O–H groups in total. The number of nitrogens with one attached hydrogen (secondary N) is 1. The van der Waals surface area contributed by atoms with Gasteiger partial charge in [-0.25, -0.2) is 14.1 Å². The van der Waals surface area contributed by atoms with E-state index in [9.17, 15) is 23.9 Å². The van der Waals surface area contributed by atoms with Gasteiger partial charge in [0.25, 0.3) is 11.8 Å². The van der Waals surface area contributed by atoms with Gasteiger partial charge in [0.05, 0.1) is 5.69 Å². The average molecular weight is 391 g/mol. The first-order valence-electron chi connectivity index (χ1n) is 8.58. The van der Waals surface area contributed by atoms with Gasteiger partial charge >= 0.3 is 6.03 Å². The van der Waals surface area contributed by atoms with Crippen LogP contribution in [0.5, 0.6) is 5.75 Å². The average Bonchev–Trinajstić information content (AvgIpc) is 3.15. The highest BCUT2D eigenvalue weighted by molar-refractivity contribution is 6.39. The lowest BCUT2D eigenvalue weighted by Crippen LogP contribution is -2.54. The van der Waals surface area contributed by atoms with E-state index in [0.717, 1.165) is 17.0 Å². The monoisotopic (exact) mass is 391 g/mol. The van der Waals surface area contributed by atoms with Crippen molar-refractivity contribution in [2.24, 2.45) is 0 Å². The number of imide groups is 2. The van der Waals surface area contributed by atoms with E-state index in [2.05, 4.69) is 5.32 Å². The number of amides is 4. The molecule has 0 atom stereocenters. The summed E-state index contributed by atoms with van der Waals surface area (Å²) in [6.45, 7) is 0. The van der Waals surface area contributed by atoms with Crippen LogP contribution < -0.4 is 10.2 Å². The molecule has 4 rings (SSSR count). The van der Waals surface area contributed by atoms with Gasteiger partial charge in [-0.2, -0.15) is 0 Å². The van der Waals surface area contributed by atoms with E-state index in [1.165, 1.54) is 30.3 Å². The van der Waals surface area contributed by atoms with Crippen molar-refractivity contribution in [2.45, 2.75) is 0 Å². The third-order valence-electron chi connectivity index (χ3n) is 4.39. The maximum Gasteiger partial charge on any atom is 0.335 e. The number of benzene rings is 2. The summed E-state index contributed by atoms with van der Waals surface area (Å²) < 4.78 is 14.9. The smallest absolute Gasteiger partial charge is 0.335 e. The molecule has 0 unspecified atom stereocenters.